The molecule has 1 aromatic heterocycles. The number of hydrogen-bond donors (Lipinski definition) is 2. The molecule has 0 aliphatic heterocycles. The maximum absolute atomic E-state index is 13.6. The van der Waals surface area contributed by atoms with Crippen LogP contribution in [0.5, 0.6) is 0 Å². The lowest BCUT2D eigenvalue weighted by molar-refractivity contribution is 0.511. The van der Waals surface area contributed by atoms with E-state index in [0.29, 0.717) is 18.1 Å². The lowest BCUT2D eigenvalue weighted by Gasteiger charge is -2.13. The van der Waals surface area contributed by atoms with Crippen LogP contribution < -0.4 is 10.6 Å². The van der Waals surface area contributed by atoms with E-state index in [0.717, 1.165) is 11.6 Å². The molecule has 2 aromatic rings. The summed E-state index contributed by atoms with van der Waals surface area (Å²) in [7, 11) is 1.74. The third-order valence-electron chi connectivity index (χ3n) is 2.74. The van der Waals surface area contributed by atoms with Gasteiger partial charge in [-0.3, -0.25) is 0 Å². The predicted octanol–water partition coefficient (Wildman–Crippen LogP) is 3.10. The zero-order valence-corrected chi connectivity index (χ0v) is 10.7. The molecular weight excluding hydrogens is 250 g/mol. The van der Waals surface area contributed by atoms with Gasteiger partial charge in [-0.15, -0.1) is 0 Å². The number of halogens is 2. The molecule has 19 heavy (non-hydrogen) atoms. The fourth-order valence-corrected chi connectivity index (χ4v) is 1.80. The van der Waals surface area contributed by atoms with Crippen LogP contribution in [0.2, 0.25) is 0 Å². The van der Waals surface area contributed by atoms with Crippen molar-refractivity contribution in [1.82, 2.24) is 9.97 Å². The average Bonchev–Trinajstić information content (AvgIpc) is 2.43. The molecule has 0 aliphatic carbocycles. The molecule has 1 aromatic carbocycles. The smallest absolute Gasteiger partial charge is 0.182 e. The van der Waals surface area contributed by atoms with Crippen molar-refractivity contribution in [2.24, 2.45) is 0 Å². The normalized spacial score (nSPS) is 10.3. The molecule has 0 spiro atoms. The first-order valence-corrected chi connectivity index (χ1v) is 5.90. The molecule has 0 unspecified atom stereocenters. The second-order valence-corrected chi connectivity index (χ2v) is 3.88. The quantitative estimate of drug-likeness (QED) is 0.891. The van der Waals surface area contributed by atoms with Gasteiger partial charge in [-0.1, -0.05) is 13.0 Å². The molecule has 0 fully saturated rings. The number of nitrogens with one attached hydrogen (secondary N) is 2. The first-order chi connectivity index (χ1) is 9.17. The summed E-state index contributed by atoms with van der Waals surface area (Å²) in [5, 5.41) is 5.74. The maximum atomic E-state index is 13.6. The van der Waals surface area contributed by atoms with E-state index in [1.807, 2.05) is 6.92 Å². The van der Waals surface area contributed by atoms with Crippen molar-refractivity contribution in [2.45, 2.75) is 13.3 Å². The lowest BCUT2D eigenvalue weighted by atomic mass is 10.2. The largest absolute Gasteiger partial charge is 0.373 e. The van der Waals surface area contributed by atoms with Crippen molar-refractivity contribution >= 4 is 17.3 Å². The highest BCUT2D eigenvalue weighted by molar-refractivity contribution is 5.65. The average molecular weight is 264 g/mol. The Labute approximate surface area is 109 Å². The van der Waals surface area contributed by atoms with Gasteiger partial charge >= 0.3 is 0 Å². The Morgan fingerprint density at radius 1 is 1.16 bits per heavy atom. The number of rotatable bonds is 4. The van der Waals surface area contributed by atoms with Gasteiger partial charge in [0, 0.05) is 12.6 Å². The van der Waals surface area contributed by atoms with Gasteiger partial charge in [-0.25, -0.2) is 18.7 Å². The highest BCUT2D eigenvalue weighted by atomic mass is 19.2. The van der Waals surface area contributed by atoms with Gasteiger partial charge in [0.1, 0.15) is 18.0 Å². The summed E-state index contributed by atoms with van der Waals surface area (Å²) in [6.07, 6.45) is 2.03. The Bertz CT molecular complexity index is 587. The molecule has 0 amide bonds. The zero-order chi connectivity index (χ0) is 13.8. The minimum atomic E-state index is -0.922. The van der Waals surface area contributed by atoms with Gasteiger partial charge in [-0.05, 0) is 18.6 Å². The molecular formula is C13H14F2N4. The molecule has 6 heteroatoms. The summed E-state index contributed by atoms with van der Waals surface area (Å²) >= 11 is 0. The fourth-order valence-electron chi connectivity index (χ4n) is 1.80. The van der Waals surface area contributed by atoms with E-state index < -0.39 is 11.6 Å². The highest BCUT2D eigenvalue weighted by Crippen LogP contribution is 2.25. The molecule has 2 rings (SSSR count). The molecule has 0 bridgehead atoms. The van der Waals surface area contributed by atoms with E-state index in [-0.39, 0.29) is 5.69 Å². The number of aromatic nitrogens is 2. The molecule has 4 nitrogen and oxygen atoms in total. The van der Waals surface area contributed by atoms with Crippen LogP contribution in [0, 0.1) is 11.6 Å². The van der Waals surface area contributed by atoms with Crippen LogP contribution in [0.25, 0.3) is 0 Å². The summed E-state index contributed by atoms with van der Waals surface area (Å²) < 4.78 is 26.8. The molecule has 0 atom stereocenters. The van der Waals surface area contributed by atoms with E-state index in [9.17, 15) is 8.78 Å². The predicted molar refractivity (Wildman–Crippen MR) is 70.6 cm³/mol. The first kappa shape index (κ1) is 13.2. The van der Waals surface area contributed by atoms with Crippen LogP contribution in [0.15, 0.2) is 24.5 Å². The molecule has 0 aliphatic rings. The standard InChI is InChI=1S/C13H14F2N4/c1-3-8-12(16-2)17-7-18-13(8)19-10-6-4-5-9(14)11(10)15/h4-7H,3H2,1-2H3,(H2,16,17,18,19). The van der Waals surface area contributed by atoms with Gasteiger partial charge in [0.15, 0.2) is 11.6 Å². The third kappa shape index (κ3) is 2.62. The SMILES string of the molecule is CCc1c(NC)ncnc1Nc1cccc(F)c1F. The van der Waals surface area contributed by atoms with Crippen molar-refractivity contribution in [2.75, 3.05) is 17.7 Å². The summed E-state index contributed by atoms with van der Waals surface area (Å²) in [5.41, 5.74) is 0.865. The van der Waals surface area contributed by atoms with Gasteiger partial charge in [0.25, 0.3) is 0 Å². The van der Waals surface area contributed by atoms with Crippen molar-refractivity contribution in [1.29, 1.82) is 0 Å². The number of anilines is 3. The van der Waals surface area contributed by atoms with E-state index in [2.05, 4.69) is 20.6 Å². The molecule has 0 saturated heterocycles. The van der Waals surface area contributed by atoms with Crippen molar-refractivity contribution < 1.29 is 8.78 Å². The second-order valence-electron chi connectivity index (χ2n) is 3.88. The van der Waals surface area contributed by atoms with Gasteiger partial charge in [-0.2, -0.15) is 0 Å². The second kappa shape index (κ2) is 5.60. The molecule has 1 heterocycles. The van der Waals surface area contributed by atoms with Crippen molar-refractivity contribution in [3.8, 4) is 0 Å². The number of hydrogen-bond acceptors (Lipinski definition) is 4. The summed E-state index contributed by atoms with van der Waals surface area (Å²) in [6.45, 7) is 1.94. The monoisotopic (exact) mass is 264 g/mol. The maximum Gasteiger partial charge on any atom is 0.182 e. The minimum Gasteiger partial charge on any atom is -0.373 e. The minimum absolute atomic E-state index is 0.0513. The Balaban J connectivity index is 2.41. The topological polar surface area (TPSA) is 49.8 Å². The van der Waals surface area contributed by atoms with Crippen LogP contribution in [0.4, 0.5) is 26.1 Å². The van der Waals surface area contributed by atoms with Gasteiger partial charge < -0.3 is 10.6 Å². The third-order valence-corrected chi connectivity index (χ3v) is 2.74. The van der Waals surface area contributed by atoms with Crippen LogP contribution >= 0.6 is 0 Å². The van der Waals surface area contributed by atoms with Crippen LogP contribution in [0.3, 0.4) is 0 Å². The van der Waals surface area contributed by atoms with E-state index in [1.165, 1.54) is 18.5 Å². The molecule has 0 radical (unpaired) electrons. The number of nitrogens with zero attached hydrogens (tertiary/aromatic N) is 2. The molecule has 0 saturated carbocycles. The van der Waals surface area contributed by atoms with Crippen molar-refractivity contribution in [3.63, 3.8) is 0 Å². The summed E-state index contributed by atoms with van der Waals surface area (Å²) in [6, 6.07) is 3.96. The van der Waals surface area contributed by atoms with E-state index in [1.54, 1.807) is 7.05 Å². The lowest BCUT2D eigenvalue weighted by Crippen LogP contribution is -2.06. The van der Waals surface area contributed by atoms with Gasteiger partial charge in [0.05, 0.1) is 5.69 Å². The van der Waals surface area contributed by atoms with Crippen LogP contribution in [-0.2, 0) is 6.42 Å². The van der Waals surface area contributed by atoms with Crippen molar-refractivity contribution in [3.05, 3.63) is 41.7 Å². The van der Waals surface area contributed by atoms with Crippen LogP contribution in [0.1, 0.15) is 12.5 Å². The highest BCUT2D eigenvalue weighted by Gasteiger charge is 2.12. The van der Waals surface area contributed by atoms with Crippen LogP contribution in [-0.4, -0.2) is 17.0 Å². The van der Waals surface area contributed by atoms with E-state index in [4.69, 9.17) is 0 Å². The number of benzene rings is 1. The molecule has 100 valence electrons. The Kier molecular flexibility index (Phi) is 3.89. The van der Waals surface area contributed by atoms with Gasteiger partial charge in [0.2, 0.25) is 0 Å². The molecule has 2 N–H and O–H groups in total. The fraction of sp³-hybridized carbons (Fsp3) is 0.231. The Morgan fingerprint density at radius 3 is 2.58 bits per heavy atom. The summed E-state index contributed by atoms with van der Waals surface area (Å²) in [5.74, 6) is -0.691. The Hall–Kier alpha value is -2.24. The van der Waals surface area contributed by atoms with E-state index >= 15 is 0 Å². The zero-order valence-electron chi connectivity index (χ0n) is 10.7. The first-order valence-electron chi connectivity index (χ1n) is 5.90. The summed E-state index contributed by atoms with van der Waals surface area (Å²) in [4.78, 5) is 8.15. The Morgan fingerprint density at radius 2 is 1.89 bits per heavy atom.